The van der Waals surface area contributed by atoms with Gasteiger partial charge in [-0.2, -0.15) is 0 Å². The van der Waals surface area contributed by atoms with Gasteiger partial charge in [0.05, 0.1) is 27.2 Å². The highest BCUT2D eigenvalue weighted by Crippen LogP contribution is 2.30. The number of rotatable bonds is 6. The molecule has 0 unspecified atom stereocenters. The summed E-state index contributed by atoms with van der Waals surface area (Å²) >= 11 is 1.50. The van der Waals surface area contributed by atoms with Gasteiger partial charge in [0.2, 0.25) is 0 Å². The predicted octanol–water partition coefficient (Wildman–Crippen LogP) is 5.05. The van der Waals surface area contributed by atoms with Gasteiger partial charge in [0, 0.05) is 24.5 Å². The van der Waals surface area contributed by atoms with E-state index in [0.29, 0.717) is 22.5 Å². The molecule has 0 bridgehead atoms. The molecule has 1 aromatic carbocycles. The maximum Gasteiger partial charge on any atom is 0.339 e. The molecule has 0 atom stereocenters. The van der Waals surface area contributed by atoms with Crippen LogP contribution in [0.1, 0.15) is 35.3 Å². The Morgan fingerprint density at radius 3 is 2.68 bits per heavy atom. The fraction of sp³-hybridized carbons (Fsp3) is 0.280. The number of benzene rings is 1. The van der Waals surface area contributed by atoms with E-state index in [1.807, 2.05) is 41.8 Å². The maximum absolute atomic E-state index is 12.9. The molecule has 174 valence electrons. The Kier molecular flexibility index (Phi) is 6.27. The van der Waals surface area contributed by atoms with Crippen LogP contribution in [0.15, 0.2) is 52.4 Å². The van der Waals surface area contributed by atoms with Crippen molar-refractivity contribution in [1.82, 2.24) is 10.1 Å². The molecule has 1 fully saturated rings. The number of nitrogens with one attached hydrogen (secondary N) is 1. The number of hydrogen-bond acceptors (Lipinski definition) is 8. The number of ether oxygens (including phenoxy) is 1. The summed E-state index contributed by atoms with van der Waals surface area (Å²) in [4.78, 5) is 33.0. The van der Waals surface area contributed by atoms with Gasteiger partial charge in [-0.05, 0) is 68.0 Å². The molecule has 0 saturated carbocycles. The lowest BCUT2D eigenvalue weighted by atomic mass is 10.1. The van der Waals surface area contributed by atoms with E-state index in [2.05, 4.69) is 20.4 Å². The first-order valence-corrected chi connectivity index (χ1v) is 12.1. The van der Waals surface area contributed by atoms with Crippen molar-refractivity contribution >= 4 is 45.7 Å². The number of carbonyl (C=O) groups excluding carboxylic acids is 2. The average molecular weight is 477 g/mol. The van der Waals surface area contributed by atoms with E-state index in [4.69, 9.17) is 9.26 Å². The quantitative estimate of drug-likeness (QED) is 0.389. The van der Waals surface area contributed by atoms with Gasteiger partial charge in [0.25, 0.3) is 11.6 Å². The van der Waals surface area contributed by atoms with Crippen molar-refractivity contribution in [2.75, 3.05) is 29.9 Å². The smallest absolute Gasteiger partial charge is 0.339 e. The van der Waals surface area contributed by atoms with Crippen molar-refractivity contribution in [3.8, 4) is 10.6 Å². The second-order valence-corrected chi connectivity index (χ2v) is 9.15. The number of piperidine rings is 1. The number of esters is 1. The number of aromatic nitrogens is 2. The second kappa shape index (κ2) is 9.64. The molecule has 4 aromatic rings. The minimum atomic E-state index is -0.632. The van der Waals surface area contributed by atoms with Crippen LogP contribution in [0.2, 0.25) is 0 Å². The van der Waals surface area contributed by atoms with Crippen LogP contribution in [0.25, 0.3) is 21.7 Å². The zero-order valence-corrected chi connectivity index (χ0v) is 19.6. The zero-order chi connectivity index (χ0) is 23.5. The molecular formula is C25H24N4O4S. The minimum absolute atomic E-state index is 0.258. The first kappa shape index (κ1) is 22.1. The molecule has 1 amide bonds. The highest BCUT2D eigenvalue weighted by Gasteiger charge is 2.21. The van der Waals surface area contributed by atoms with E-state index in [-0.39, 0.29) is 11.3 Å². The lowest BCUT2D eigenvalue weighted by Gasteiger charge is -2.28. The summed E-state index contributed by atoms with van der Waals surface area (Å²) in [5.41, 5.74) is 3.45. The molecule has 1 aliphatic rings. The van der Waals surface area contributed by atoms with E-state index in [9.17, 15) is 9.59 Å². The standard InChI is InChI=1S/C25H24N4O4S/c1-16-23-19(14-20(21-6-5-13-34-21)27-24(23)33-28-16)25(31)32-15-22(30)26-17-7-9-18(10-8-17)29-11-3-2-4-12-29/h5-10,13-14H,2-4,11-12,15H2,1H3,(H,26,30). The van der Waals surface area contributed by atoms with Crippen LogP contribution >= 0.6 is 11.3 Å². The van der Waals surface area contributed by atoms with Crippen molar-refractivity contribution in [2.45, 2.75) is 26.2 Å². The van der Waals surface area contributed by atoms with E-state index in [0.717, 1.165) is 23.7 Å². The second-order valence-electron chi connectivity index (χ2n) is 8.20. The number of anilines is 2. The van der Waals surface area contributed by atoms with Crippen LogP contribution in [-0.4, -0.2) is 41.7 Å². The summed E-state index contributed by atoms with van der Waals surface area (Å²) in [6.07, 6.45) is 3.69. The van der Waals surface area contributed by atoms with E-state index >= 15 is 0 Å². The average Bonchev–Trinajstić information content (AvgIpc) is 3.53. The topological polar surface area (TPSA) is 97.6 Å². The monoisotopic (exact) mass is 476 g/mol. The number of nitrogens with zero attached hydrogens (tertiary/aromatic N) is 3. The summed E-state index contributed by atoms with van der Waals surface area (Å²) in [6.45, 7) is 3.44. The highest BCUT2D eigenvalue weighted by molar-refractivity contribution is 7.13. The molecule has 34 heavy (non-hydrogen) atoms. The molecular weight excluding hydrogens is 452 g/mol. The third-order valence-electron chi connectivity index (χ3n) is 5.82. The maximum atomic E-state index is 12.9. The summed E-state index contributed by atoms with van der Waals surface area (Å²) in [5.74, 6) is -1.04. The van der Waals surface area contributed by atoms with Crippen LogP contribution < -0.4 is 10.2 Å². The lowest BCUT2D eigenvalue weighted by Crippen LogP contribution is -2.29. The SMILES string of the molecule is Cc1noc2nc(-c3cccs3)cc(C(=O)OCC(=O)Nc3ccc(N4CCCCC4)cc3)c12. The highest BCUT2D eigenvalue weighted by atomic mass is 32.1. The van der Waals surface area contributed by atoms with Crippen molar-refractivity contribution in [1.29, 1.82) is 0 Å². The van der Waals surface area contributed by atoms with Gasteiger partial charge in [-0.15, -0.1) is 11.3 Å². The summed E-state index contributed by atoms with van der Waals surface area (Å²) in [7, 11) is 0. The molecule has 5 rings (SSSR count). The minimum Gasteiger partial charge on any atom is -0.452 e. The fourth-order valence-electron chi connectivity index (χ4n) is 4.12. The van der Waals surface area contributed by atoms with Gasteiger partial charge < -0.3 is 19.5 Å². The molecule has 0 spiro atoms. The van der Waals surface area contributed by atoms with Crippen LogP contribution in [0.4, 0.5) is 11.4 Å². The van der Waals surface area contributed by atoms with Crippen molar-refractivity contribution in [3.63, 3.8) is 0 Å². The van der Waals surface area contributed by atoms with Crippen molar-refractivity contribution < 1.29 is 18.8 Å². The van der Waals surface area contributed by atoms with Crippen LogP contribution in [0.5, 0.6) is 0 Å². The van der Waals surface area contributed by atoms with E-state index < -0.39 is 18.5 Å². The molecule has 9 heteroatoms. The number of fused-ring (bicyclic) bond motifs is 1. The molecule has 0 radical (unpaired) electrons. The van der Waals surface area contributed by atoms with Crippen LogP contribution in [0.3, 0.4) is 0 Å². The van der Waals surface area contributed by atoms with Gasteiger partial charge in [-0.3, -0.25) is 4.79 Å². The molecule has 3 aromatic heterocycles. The Morgan fingerprint density at radius 2 is 1.94 bits per heavy atom. The van der Waals surface area contributed by atoms with Gasteiger partial charge in [-0.1, -0.05) is 11.2 Å². The Hall–Kier alpha value is -3.72. The first-order chi connectivity index (χ1) is 16.6. The van der Waals surface area contributed by atoms with Gasteiger partial charge >= 0.3 is 5.97 Å². The number of aryl methyl sites for hydroxylation is 1. The molecule has 0 aliphatic carbocycles. The largest absolute Gasteiger partial charge is 0.452 e. The van der Waals surface area contributed by atoms with Crippen LogP contribution in [-0.2, 0) is 9.53 Å². The summed E-state index contributed by atoms with van der Waals surface area (Å²) < 4.78 is 10.6. The fourth-order valence-corrected chi connectivity index (χ4v) is 4.81. The number of carbonyl (C=O) groups is 2. The number of thiophene rings is 1. The zero-order valence-electron chi connectivity index (χ0n) is 18.7. The number of amides is 1. The molecule has 1 aliphatic heterocycles. The summed E-state index contributed by atoms with van der Waals surface area (Å²) in [5, 5.41) is 9.12. The molecule has 1 N–H and O–H groups in total. The third-order valence-corrected chi connectivity index (χ3v) is 6.71. The Balaban J connectivity index is 1.25. The Labute approximate surface area is 200 Å². The molecule has 1 saturated heterocycles. The summed E-state index contributed by atoms with van der Waals surface area (Å²) in [6, 6.07) is 13.2. The van der Waals surface area contributed by atoms with Crippen LogP contribution in [0, 0.1) is 6.92 Å². The van der Waals surface area contributed by atoms with E-state index in [1.165, 1.54) is 30.6 Å². The van der Waals surface area contributed by atoms with Gasteiger partial charge in [-0.25, -0.2) is 9.78 Å². The van der Waals surface area contributed by atoms with Gasteiger partial charge in [0.15, 0.2) is 6.61 Å². The van der Waals surface area contributed by atoms with Gasteiger partial charge in [0.1, 0.15) is 0 Å². The third kappa shape index (κ3) is 4.65. The molecule has 4 heterocycles. The normalized spacial score (nSPS) is 13.7. The lowest BCUT2D eigenvalue weighted by molar-refractivity contribution is -0.119. The number of pyridine rings is 1. The Morgan fingerprint density at radius 1 is 1.15 bits per heavy atom. The van der Waals surface area contributed by atoms with E-state index in [1.54, 1.807) is 13.0 Å². The van der Waals surface area contributed by atoms with Crippen molar-refractivity contribution in [3.05, 3.63) is 59.1 Å². The first-order valence-electron chi connectivity index (χ1n) is 11.2. The Bertz CT molecular complexity index is 1310. The predicted molar refractivity (Wildman–Crippen MR) is 131 cm³/mol. The molecule has 8 nitrogen and oxygen atoms in total. The van der Waals surface area contributed by atoms with Crippen molar-refractivity contribution in [2.24, 2.45) is 0 Å². The number of hydrogen-bond donors (Lipinski definition) is 1.